The van der Waals surface area contributed by atoms with Crippen LogP contribution in [0.4, 0.5) is 5.69 Å². The largest absolute Gasteiger partial charge is 0.494 e. The highest BCUT2D eigenvalue weighted by Gasteiger charge is 2.03. The van der Waals surface area contributed by atoms with Crippen molar-refractivity contribution >= 4 is 23.2 Å². The molecule has 0 atom stereocenters. The zero-order chi connectivity index (χ0) is 12.0. The quantitative estimate of drug-likeness (QED) is 0.805. The molecular weight excluding hydrogens is 226 g/mol. The Kier molecular flexibility index (Phi) is 5.12. The van der Waals surface area contributed by atoms with Crippen LogP contribution < -0.4 is 10.1 Å². The third-order valence-electron chi connectivity index (χ3n) is 1.97. The van der Waals surface area contributed by atoms with Gasteiger partial charge in [0.2, 0.25) is 5.91 Å². The van der Waals surface area contributed by atoms with Gasteiger partial charge in [0.1, 0.15) is 5.75 Å². The number of amides is 1. The summed E-state index contributed by atoms with van der Waals surface area (Å²) in [6.45, 7) is 4.49. The molecule has 0 saturated heterocycles. The Morgan fingerprint density at radius 3 is 2.81 bits per heavy atom. The van der Waals surface area contributed by atoms with Crippen LogP contribution >= 0.6 is 11.6 Å². The van der Waals surface area contributed by atoms with Gasteiger partial charge < -0.3 is 10.1 Å². The summed E-state index contributed by atoms with van der Waals surface area (Å²) in [5, 5.41) is 2.78. The van der Waals surface area contributed by atoms with Crippen LogP contribution in [0.3, 0.4) is 0 Å². The van der Waals surface area contributed by atoms with Gasteiger partial charge in [-0.2, -0.15) is 0 Å². The molecule has 0 aliphatic rings. The smallest absolute Gasteiger partial charge is 0.225 e. The standard InChI is InChI=1S/C12H16ClNO2/c1-3-16-11-7-9(2)6-10(8-11)14-12(15)4-5-13/h6-8H,3-5H2,1-2H3,(H,14,15). The molecule has 0 spiro atoms. The summed E-state index contributed by atoms with van der Waals surface area (Å²) < 4.78 is 5.39. The van der Waals surface area contributed by atoms with Crippen LogP contribution in [-0.2, 0) is 4.79 Å². The minimum Gasteiger partial charge on any atom is -0.494 e. The van der Waals surface area contributed by atoms with E-state index >= 15 is 0 Å². The lowest BCUT2D eigenvalue weighted by atomic mass is 10.2. The summed E-state index contributed by atoms with van der Waals surface area (Å²) in [6, 6.07) is 5.64. The van der Waals surface area contributed by atoms with Gasteiger partial charge in [-0.25, -0.2) is 0 Å². The van der Waals surface area contributed by atoms with Crippen LogP contribution in [-0.4, -0.2) is 18.4 Å². The normalized spacial score (nSPS) is 9.94. The number of halogens is 1. The van der Waals surface area contributed by atoms with E-state index in [0.717, 1.165) is 17.0 Å². The van der Waals surface area contributed by atoms with Crippen molar-refractivity contribution in [1.82, 2.24) is 0 Å². The van der Waals surface area contributed by atoms with E-state index in [1.807, 2.05) is 32.0 Å². The first-order chi connectivity index (χ1) is 7.65. The van der Waals surface area contributed by atoms with E-state index in [9.17, 15) is 4.79 Å². The van der Waals surface area contributed by atoms with Gasteiger partial charge in [-0.3, -0.25) is 4.79 Å². The first-order valence-corrected chi connectivity index (χ1v) is 5.79. The highest BCUT2D eigenvalue weighted by Crippen LogP contribution is 2.20. The second-order valence-corrected chi connectivity index (χ2v) is 3.83. The highest BCUT2D eigenvalue weighted by molar-refractivity contribution is 6.19. The van der Waals surface area contributed by atoms with Gasteiger partial charge in [-0.1, -0.05) is 0 Å². The first-order valence-electron chi connectivity index (χ1n) is 5.26. The molecule has 0 saturated carbocycles. The fraction of sp³-hybridized carbons (Fsp3) is 0.417. The van der Waals surface area contributed by atoms with Gasteiger partial charge in [0.15, 0.2) is 0 Å². The van der Waals surface area contributed by atoms with Gasteiger partial charge in [0.05, 0.1) is 6.61 Å². The molecule has 0 unspecified atom stereocenters. The van der Waals surface area contributed by atoms with Crippen LogP contribution in [0.1, 0.15) is 18.9 Å². The summed E-state index contributed by atoms with van der Waals surface area (Å²) in [7, 11) is 0. The zero-order valence-electron chi connectivity index (χ0n) is 9.55. The number of hydrogen-bond acceptors (Lipinski definition) is 2. The molecule has 0 heterocycles. The number of hydrogen-bond donors (Lipinski definition) is 1. The number of ether oxygens (including phenoxy) is 1. The van der Waals surface area contributed by atoms with E-state index < -0.39 is 0 Å². The van der Waals surface area contributed by atoms with Gasteiger partial charge in [-0.15, -0.1) is 11.6 Å². The van der Waals surface area contributed by atoms with Crippen molar-refractivity contribution in [2.75, 3.05) is 17.8 Å². The van der Waals surface area contributed by atoms with E-state index in [2.05, 4.69) is 5.32 Å². The van der Waals surface area contributed by atoms with Gasteiger partial charge in [-0.05, 0) is 31.5 Å². The van der Waals surface area contributed by atoms with E-state index in [1.54, 1.807) is 0 Å². The molecule has 0 aliphatic heterocycles. The number of aryl methyl sites for hydroxylation is 1. The van der Waals surface area contributed by atoms with Crippen LogP contribution in [0.25, 0.3) is 0 Å². The third-order valence-corrected chi connectivity index (χ3v) is 2.16. The maximum absolute atomic E-state index is 11.4. The summed E-state index contributed by atoms with van der Waals surface area (Å²) in [5.41, 5.74) is 1.80. The zero-order valence-corrected chi connectivity index (χ0v) is 10.3. The molecule has 88 valence electrons. The van der Waals surface area contributed by atoms with Crippen molar-refractivity contribution in [3.8, 4) is 5.75 Å². The maximum atomic E-state index is 11.4. The van der Waals surface area contributed by atoms with Crippen molar-refractivity contribution in [2.45, 2.75) is 20.3 Å². The number of benzene rings is 1. The van der Waals surface area contributed by atoms with E-state index in [-0.39, 0.29) is 5.91 Å². The minimum absolute atomic E-state index is 0.0805. The van der Waals surface area contributed by atoms with Crippen molar-refractivity contribution in [3.63, 3.8) is 0 Å². The lowest BCUT2D eigenvalue weighted by Crippen LogP contribution is -2.11. The summed E-state index contributed by atoms with van der Waals surface area (Å²) in [6.07, 6.45) is 0.319. The molecule has 0 aliphatic carbocycles. The lowest BCUT2D eigenvalue weighted by molar-refractivity contribution is -0.115. The fourth-order valence-corrected chi connectivity index (χ4v) is 1.55. The number of alkyl halides is 1. The van der Waals surface area contributed by atoms with Crippen molar-refractivity contribution in [3.05, 3.63) is 23.8 Å². The summed E-state index contributed by atoms with van der Waals surface area (Å²) >= 11 is 5.49. The molecule has 16 heavy (non-hydrogen) atoms. The molecule has 1 N–H and O–H groups in total. The monoisotopic (exact) mass is 241 g/mol. The number of carbonyl (C=O) groups excluding carboxylic acids is 1. The minimum atomic E-state index is -0.0805. The summed E-state index contributed by atoms with van der Waals surface area (Å²) in [4.78, 5) is 11.4. The average Bonchev–Trinajstić information content (AvgIpc) is 2.17. The Hall–Kier alpha value is -1.22. The molecule has 1 aromatic carbocycles. The predicted octanol–water partition coefficient (Wildman–Crippen LogP) is 2.96. The molecule has 0 aromatic heterocycles. The second-order valence-electron chi connectivity index (χ2n) is 3.45. The topological polar surface area (TPSA) is 38.3 Å². The Labute approximate surface area is 101 Å². The second kappa shape index (κ2) is 6.38. The Bertz CT molecular complexity index is 366. The highest BCUT2D eigenvalue weighted by atomic mass is 35.5. The van der Waals surface area contributed by atoms with Crippen molar-refractivity contribution in [2.24, 2.45) is 0 Å². The molecule has 0 radical (unpaired) electrons. The first kappa shape index (κ1) is 12.8. The van der Waals surface area contributed by atoms with Gasteiger partial charge in [0, 0.05) is 24.1 Å². The van der Waals surface area contributed by atoms with Crippen LogP contribution in [0.2, 0.25) is 0 Å². The Morgan fingerprint density at radius 1 is 1.44 bits per heavy atom. The fourth-order valence-electron chi connectivity index (χ4n) is 1.38. The van der Waals surface area contributed by atoms with E-state index in [0.29, 0.717) is 18.9 Å². The third kappa shape index (κ3) is 4.11. The van der Waals surface area contributed by atoms with Crippen LogP contribution in [0.5, 0.6) is 5.75 Å². The van der Waals surface area contributed by atoms with E-state index in [1.165, 1.54) is 0 Å². The van der Waals surface area contributed by atoms with Crippen LogP contribution in [0, 0.1) is 6.92 Å². The van der Waals surface area contributed by atoms with Crippen molar-refractivity contribution < 1.29 is 9.53 Å². The molecule has 1 rings (SSSR count). The molecule has 1 aromatic rings. The lowest BCUT2D eigenvalue weighted by Gasteiger charge is -2.09. The maximum Gasteiger partial charge on any atom is 0.225 e. The molecule has 0 bridgehead atoms. The van der Waals surface area contributed by atoms with Crippen LogP contribution in [0.15, 0.2) is 18.2 Å². The summed E-state index contributed by atoms with van der Waals surface area (Å²) in [5.74, 6) is 1.02. The molecule has 3 nitrogen and oxygen atoms in total. The number of anilines is 1. The molecule has 4 heteroatoms. The van der Waals surface area contributed by atoms with Gasteiger partial charge in [0.25, 0.3) is 0 Å². The van der Waals surface area contributed by atoms with Gasteiger partial charge >= 0.3 is 0 Å². The number of carbonyl (C=O) groups is 1. The average molecular weight is 242 g/mol. The predicted molar refractivity (Wildman–Crippen MR) is 66.3 cm³/mol. The SMILES string of the molecule is CCOc1cc(C)cc(NC(=O)CCCl)c1. The van der Waals surface area contributed by atoms with Crippen molar-refractivity contribution in [1.29, 1.82) is 0 Å². The number of nitrogens with one attached hydrogen (secondary N) is 1. The number of rotatable bonds is 5. The molecule has 1 amide bonds. The Balaban J connectivity index is 2.75. The molecular formula is C12H16ClNO2. The Morgan fingerprint density at radius 2 is 2.19 bits per heavy atom. The van der Waals surface area contributed by atoms with E-state index in [4.69, 9.17) is 16.3 Å². The molecule has 0 fully saturated rings.